The van der Waals surface area contributed by atoms with Crippen LogP contribution >= 0.6 is 23.2 Å². The van der Waals surface area contributed by atoms with Crippen LogP contribution in [0.4, 0.5) is 0 Å². The average molecular weight is 263 g/mol. The van der Waals surface area contributed by atoms with Crippen molar-refractivity contribution in [3.63, 3.8) is 0 Å². The van der Waals surface area contributed by atoms with Crippen LogP contribution < -0.4 is 0 Å². The Morgan fingerprint density at radius 1 is 0.875 bits per heavy atom. The van der Waals surface area contributed by atoms with E-state index < -0.39 is 0 Å². The maximum atomic E-state index is 5.81. The molecular formula is C12H20Cl2N2. The molecule has 0 aromatic heterocycles. The molecular weight excluding hydrogens is 243 g/mol. The largest absolute Gasteiger partial charge is 0.297 e. The zero-order valence-electron chi connectivity index (χ0n) is 10.0. The van der Waals surface area contributed by atoms with E-state index in [1.807, 2.05) is 13.8 Å². The van der Waals surface area contributed by atoms with Crippen molar-refractivity contribution >= 4 is 23.2 Å². The highest BCUT2D eigenvalue weighted by atomic mass is 35.5. The highest BCUT2D eigenvalue weighted by Gasteiger charge is 2.14. The minimum atomic E-state index is 0.878. The normalized spacial score (nSPS) is 21.5. The van der Waals surface area contributed by atoms with Gasteiger partial charge in [0, 0.05) is 49.3 Å². The first-order valence-electron chi connectivity index (χ1n) is 5.67. The van der Waals surface area contributed by atoms with Crippen molar-refractivity contribution in [2.45, 2.75) is 13.8 Å². The summed E-state index contributed by atoms with van der Waals surface area (Å²) < 4.78 is 0. The van der Waals surface area contributed by atoms with Gasteiger partial charge in [-0.2, -0.15) is 0 Å². The molecule has 0 spiro atoms. The molecule has 0 unspecified atom stereocenters. The van der Waals surface area contributed by atoms with E-state index in [4.69, 9.17) is 23.2 Å². The second-order valence-corrected chi connectivity index (χ2v) is 5.38. The Labute approximate surface area is 108 Å². The highest BCUT2D eigenvalue weighted by molar-refractivity contribution is 6.29. The van der Waals surface area contributed by atoms with E-state index in [0.29, 0.717) is 0 Å². The first kappa shape index (κ1) is 14.0. The lowest BCUT2D eigenvalue weighted by molar-refractivity contribution is 0.153. The maximum Gasteiger partial charge on any atom is 0.0178 e. The summed E-state index contributed by atoms with van der Waals surface area (Å²) in [6.45, 7) is 10.2. The molecule has 0 aromatic carbocycles. The Hall–Kier alpha value is -0.0200. The molecule has 0 aromatic rings. The van der Waals surface area contributed by atoms with Crippen molar-refractivity contribution < 1.29 is 0 Å². The fourth-order valence-corrected chi connectivity index (χ4v) is 1.80. The van der Waals surface area contributed by atoms with Gasteiger partial charge in [0.15, 0.2) is 0 Å². The van der Waals surface area contributed by atoms with Gasteiger partial charge in [-0.1, -0.05) is 35.4 Å². The summed E-state index contributed by atoms with van der Waals surface area (Å²) in [6.07, 6.45) is 4.14. The van der Waals surface area contributed by atoms with Gasteiger partial charge in [-0.25, -0.2) is 0 Å². The third-order valence-corrected chi connectivity index (χ3v) is 3.04. The van der Waals surface area contributed by atoms with E-state index in [2.05, 4.69) is 22.0 Å². The van der Waals surface area contributed by atoms with Crippen LogP contribution in [0.3, 0.4) is 0 Å². The molecule has 4 heteroatoms. The molecule has 0 saturated carbocycles. The predicted octanol–water partition coefficient (Wildman–Crippen LogP) is 2.89. The second kappa shape index (κ2) is 7.33. The fourth-order valence-electron chi connectivity index (χ4n) is 1.66. The average Bonchev–Trinajstić information content (AvgIpc) is 2.25. The predicted molar refractivity (Wildman–Crippen MR) is 72.1 cm³/mol. The third kappa shape index (κ3) is 5.90. The van der Waals surface area contributed by atoms with Gasteiger partial charge < -0.3 is 0 Å². The Kier molecular flexibility index (Phi) is 6.44. The number of hydrogen-bond acceptors (Lipinski definition) is 2. The van der Waals surface area contributed by atoms with Crippen LogP contribution in [0, 0.1) is 0 Å². The summed E-state index contributed by atoms with van der Waals surface area (Å²) in [5.74, 6) is 0. The Morgan fingerprint density at radius 2 is 1.19 bits per heavy atom. The van der Waals surface area contributed by atoms with E-state index >= 15 is 0 Å². The molecule has 0 radical (unpaired) electrons. The Balaban J connectivity index is 2.23. The van der Waals surface area contributed by atoms with Gasteiger partial charge >= 0.3 is 0 Å². The molecule has 16 heavy (non-hydrogen) atoms. The molecule has 1 rings (SSSR count). The Morgan fingerprint density at radius 3 is 1.44 bits per heavy atom. The lowest BCUT2D eigenvalue weighted by Gasteiger charge is -2.33. The van der Waals surface area contributed by atoms with Crippen molar-refractivity contribution in [2.24, 2.45) is 0 Å². The highest BCUT2D eigenvalue weighted by Crippen LogP contribution is 2.05. The molecule has 1 fully saturated rings. The van der Waals surface area contributed by atoms with Crippen molar-refractivity contribution in [3.8, 4) is 0 Å². The van der Waals surface area contributed by atoms with Gasteiger partial charge in [0.2, 0.25) is 0 Å². The van der Waals surface area contributed by atoms with Crippen LogP contribution in [0.15, 0.2) is 22.2 Å². The second-order valence-electron chi connectivity index (χ2n) is 4.18. The van der Waals surface area contributed by atoms with E-state index in [1.165, 1.54) is 0 Å². The molecule has 92 valence electrons. The smallest absolute Gasteiger partial charge is 0.0178 e. The maximum absolute atomic E-state index is 5.81. The number of nitrogens with zero attached hydrogens (tertiary/aromatic N) is 2. The van der Waals surface area contributed by atoms with E-state index in [9.17, 15) is 0 Å². The number of rotatable bonds is 4. The first-order chi connectivity index (χ1) is 7.58. The summed E-state index contributed by atoms with van der Waals surface area (Å²) in [7, 11) is 0. The van der Waals surface area contributed by atoms with Crippen LogP contribution in [0.5, 0.6) is 0 Å². The summed E-state index contributed by atoms with van der Waals surface area (Å²) in [4.78, 5) is 4.83. The number of halogens is 2. The van der Waals surface area contributed by atoms with Crippen LogP contribution in [-0.2, 0) is 0 Å². The first-order valence-corrected chi connectivity index (χ1v) is 6.43. The van der Waals surface area contributed by atoms with Gasteiger partial charge in [0.1, 0.15) is 0 Å². The van der Waals surface area contributed by atoms with Crippen molar-refractivity contribution in [2.75, 3.05) is 39.3 Å². The Bertz CT molecular complexity index is 230. The van der Waals surface area contributed by atoms with Crippen LogP contribution in [-0.4, -0.2) is 49.1 Å². The minimum Gasteiger partial charge on any atom is -0.297 e. The number of hydrogen-bond donors (Lipinski definition) is 0. The molecule has 2 nitrogen and oxygen atoms in total. The van der Waals surface area contributed by atoms with Gasteiger partial charge in [0.25, 0.3) is 0 Å². The standard InChI is InChI=1S/C12H20Cl2N2/c1-11(13)3-5-15-7-9-16(10-8-15)6-4-12(2)14/h3-4H,5-10H2,1-2H3/b11-3-,12-4-. The van der Waals surface area contributed by atoms with Gasteiger partial charge in [-0.3, -0.25) is 9.80 Å². The molecule has 1 aliphatic rings. The molecule has 0 atom stereocenters. The van der Waals surface area contributed by atoms with Crippen molar-refractivity contribution in [1.29, 1.82) is 0 Å². The van der Waals surface area contributed by atoms with Gasteiger partial charge in [-0.05, 0) is 13.8 Å². The van der Waals surface area contributed by atoms with E-state index in [1.54, 1.807) is 0 Å². The zero-order chi connectivity index (χ0) is 12.0. The molecule has 0 bridgehead atoms. The lowest BCUT2D eigenvalue weighted by Crippen LogP contribution is -2.46. The quantitative estimate of drug-likeness (QED) is 0.769. The van der Waals surface area contributed by atoms with Gasteiger partial charge in [0.05, 0.1) is 0 Å². The van der Waals surface area contributed by atoms with E-state index in [0.717, 1.165) is 49.3 Å². The molecule has 1 saturated heterocycles. The topological polar surface area (TPSA) is 6.48 Å². The fraction of sp³-hybridized carbons (Fsp3) is 0.667. The molecule has 1 heterocycles. The van der Waals surface area contributed by atoms with Crippen LogP contribution in [0.25, 0.3) is 0 Å². The summed E-state index contributed by atoms with van der Waals surface area (Å²) >= 11 is 11.6. The monoisotopic (exact) mass is 262 g/mol. The lowest BCUT2D eigenvalue weighted by atomic mass is 10.3. The molecule has 1 aliphatic heterocycles. The third-order valence-electron chi connectivity index (χ3n) is 2.73. The SMILES string of the molecule is C/C(Cl)=C/CN1CCN(C/C=C(/C)Cl)CC1. The molecule has 0 aliphatic carbocycles. The number of piperazine rings is 1. The van der Waals surface area contributed by atoms with Gasteiger partial charge in [-0.15, -0.1) is 0 Å². The van der Waals surface area contributed by atoms with E-state index in [-0.39, 0.29) is 0 Å². The van der Waals surface area contributed by atoms with Crippen molar-refractivity contribution in [1.82, 2.24) is 9.80 Å². The van der Waals surface area contributed by atoms with Crippen LogP contribution in [0.2, 0.25) is 0 Å². The number of allylic oxidation sites excluding steroid dienone is 2. The summed E-state index contributed by atoms with van der Waals surface area (Å²) in [5, 5.41) is 1.76. The molecule has 0 amide bonds. The summed E-state index contributed by atoms with van der Waals surface area (Å²) in [5.41, 5.74) is 0. The van der Waals surface area contributed by atoms with Crippen molar-refractivity contribution in [3.05, 3.63) is 22.2 Å². The zero-order valence-corrected chi connectivity index (χ0v) is 11.6. The summed E-state index contributed by atoms with van der Waals surface area (Å²) in [6, 6.07) is 0. The minimum absolute atomic E-state index is 0.878. The van der Waals surface area contributed by atoms with Crippen LogP contribution in [0.1, 0.15) is 13.8 Å². The molecule has 0 N–H and O–H groups in total.